The molecule has 0 atom stereocenters. The summed E-state index contributed by atoms with van der Waals surface area (Å²) in [6.45, 7) is 2.39. The Kier molecular flexibility index (Phi) is 5.16. The number of anilines is 1. The van der Waals surface area contributed by atoms with Crippen LogP contribution in [0.15, 0.2) is 30.6 Å². The third-order valence-corrected chi connectivity index (χ3v) is 3.23. The first-order valence-corrected chi connectivity index (χ1v) is 7.04. The van der Waals surface area contributed by atoms with Crippen molar-refractivity contribution in [2.45, 2.75) is 19.9 Å². The number of amides is 1. The van der Waals surface area contributed by atoms with Crippen molar-refractivity contribution in [2.24, 2.45) is 0 Å². The van der Waals surface area contributed by atoms with Crippen LogP contribution in [0.1, 0.15) is 22.3 Å². The summed E-state index contributed by atoms with van der Waals surface area (Å²) >= 11 is 5.87. The number of benzene rings is 1. The third-order valence-electron chi connectivity index (χ3n) is 2.99. The summed E-state index contributed by atoms with van der Waals surface area (Å²) < 4.78 is 6.38. The molecule has 6 nitrogen and oxygen atoms in total. The van der Waals surface area contributed by atoms with Crippen LogP contribution in [0.2, 0.25) is 5.02 Å². The van der Waals surface area contributed by atoms with E-state index in [1.165, 1.54) is 13.2 Å². The minimum absolute atomic E-state index is 0.221. The lowest BCUT2D eigenvalue weighted by Gasteiger charge is -2.10. The Morgan fingerprint density at radius 2 is 2.18 bits per heavy atom. The molecule has 2 aromatic rings. The summed E-state index contributed by atoms with van der Waals surface area (Å²) in [4.78, 5) is 23.7. The molecule has 2 rings (SSSR count). The SMILES string of the molecule is COC(=O)c1cc(Cl)ccc1NC(=O)CCn1cc(C)cn1. The van der Waals surface area contributed by atoms with E-state index in [9.17, 15) is 9.59 Å². The third kappa shape index (κ3) is 4.08. The van der Waals surface area contributed by atoms with Crippen molar-refractivity contribution in [2.75, 3.05) is 12.4 Å². The van der Waals surface area contributed by atoms with E-state index in [0.29, 0.717) is 17.3 Å². The number of halogens is 1. The van der Waals surface area contributed by atoms with Gasteiger partial charge in [0, 0.05) is 24.2 Å². The molecule has 0 radical (unpaired) electrons. The number of esters is 1. The summed E-state index contributed by atoms with van der Waals surface area (Å²) in [7, 11) is 1.27. The maximum atomic E-state index is 12.0. The van der Waals surface area contributed by atoms with Crippen molar-refractivity contribution in [3.63, 3.8) is 0 Å². The topological polar surface area (TPSA) is 73.2 Å². The summed E-state index contributed by atoms with van der Waals surface area (Å²) in [6.07, 6.45) is 3.83. The van der Waals surface area contributed by atoms with Crippen LogP contribution in [0.3, 0.4) is 0 Å². The smallest absolute Gasteiger partial charge is 0.340 e. The van der Waals surface area contributed by atoms with Gasteiger partial charge in [0.2, 0.25) is 5.91 Å². The zero-order valence-electron chi connectivity index (χ0n) is 12.3. The predicted molar refractivity (Wildman–Crippen MR) is 83.0 cm³/mol. The van der Waals surface area contributed by atoms with Crippen molar-refractivity contribution in [1.82, 2.24) is 9.78 Å². The number of carbonyl (C=O) groups is 2. The number of hydrogen-bond acceptors (Lipinski definition) is 4. The molecule has 7 heteroatoms. The highest BCUT2D eigenvalue weighted by Gasteiger charge is 2.14. The van der Waals surface area contributed by atoms with Crippen molar-refractivity contribution in [3.8, 4) is 0 Å². The lowest BCUT2D eigenvalue weighted by atomic mass is 10.1. The Labute approximate surface area is 133 Å². The maximum Gasteiger partial charge on any atom is 0.340 e. The lowest BCUT2D eigenvalue weighted by Crippen LogP contribution is -2.17. The van der Waals surface area contributed by atoms with Crippen molar-refractivity contribution < 1.29 is 14.3 Å². The van der Waals surface area contributed by atoms with E-state index in [1.54, 1.807) is 23.0 Å². The van der Waals surface area contributed by atoms with Gasteiger partial charge in [0.15, 0.2) is 0 Å². The monoisotopic (exact) mass is 321 g/mol. The van der Waals surface area contributed by atoms with Crippen molar-refractivity contribution >= 4 is 29.2 Å². The minimum Gasteiger partial charge on any atom is -0.465 e. The number of aryl methyl sites for hydroxylation is 2. The van der Waals surface area contributed by atoms with E-state index in [1.807, 2.05) is 13.1 Å². The molecular formula is C15H16ClN3O3. The minimum atomic E-state index is -0.555. The Morgan fingerprint density at radius 1 is 1.41 bits per heavy atom. The molecule has 0 spiro atoms. The molecule has 0 saturated heterocycles. The second-order valence-corrected chi connectivity index (χ2v) is 5.20. The van der Waals surface area contributed by atoms with Gasteiger partial charge in [0.1, 0.15) is 0 Å². The molecule has 0 unspecified atom stereocenters. The number of nitrogens with zero attached hydrogens (tertiary/aromatic N) is 2. The lowest BCUT2D eigenvalue weighted by molar-refractivity contribution is -0.116. The van der Waals surface area contributed by atoms with Gasteiger partial charge in [-0.15, -0.1) is 0 Å². The summed E-state index contributed by atoms with van der Waals surface area (Å²) in [5.74, 6) is -0.777. The van der Waals surface area contributed by atoms with Gasteiger partial charge in [-0.25, -0.2) is 4.79 Å². The fourth-order valence-corrected chi connectivity index (χ4v) is 2.09. The van der Waals surface area contributed by atoms with E-state index in [-0.39, 0.29) is 17.9 Å². The molecule has 1 heterocycles. The van der Waals surface area contributed by atoms with Crippen LogP contribution in [0.4, 0.5) is 5.69 Å². The summed E-state index contributed by atoms with van der Waals surface area (Å²) in [5, 5.41) is 7.19. The van der Waals surface area contributed by atoms with Crippen LogP contribution in [-0.2, 0) is 16.1 Å². The van der Waals surface area contributed by atoms with Crippen LogP contribution in [0.5, 0.6) is 0 Å². The van der Waals surface area contributed by atoms with Crippen LogP contribution >= 0.6 is 11.6 Å². The second kappa shape index (κ2) is 7.09. The van der Waals surface area contributed by atoms with Crippen LogP contribution in [0, 0.1) is 6.92 Å². The number of hydrogen-bond donors (Lipinski definition) is 1. The Morgan fingerprint density at radius 3 is 2.82 bits per heavy atom. The molecule has 1 N–H and O–H groups in total. The average molecular weight is 322 g/mol. The molecule has 0 fully saturated rings. The molecular weight excluding hydrogens is 306 g/mol. The zero-order chi connectivity index (χ0) is 16.1. The fourth-order valence-electron chi connectivity index (χ4n) is 1.92. The zero-order valence-corrected chi connectivity index (χ0v) is 13.1. The van der Waals surface area contributed by atoms with Gasteiger partial charge in [-0.3, -0.25) is 9.48 Å². The van der Waals surface area contributed by atoms with Crippen molar-refractivity contribution in [1.29, 1.82) is 0 Å². The largest absolute Gasteiger partial charge is 0.465 e. The average Bonchev–Trinajstić information content (AvgIpc) is 2.92. The van der Waals surface area contributed by atoms with Gasteiger partial charge >= 0.3 is 5.97 Å². The van der Waals surface area contributed by atoms with E-state index >= 15 is 0 Å². The van der Waals surface area contributed by atoms with Gasteiger partial charge in [-0.2, -0.15) is 5.10 Å². The molecule has 1 aromatic heterocycles. The molecule has 0 saturated carbocycles. The quantitative estimate of drug-likeness (QED) is 0.859. The van der Waals surface area contributed by atoms with E-state index in [2.05, 4.69) is 15.2 Å². The van der Waals surface area contributed by atoms with Crippen LogP contribution < -0.4 is 5.32 Å². The molecule has 116 valence electrons. The maximum absolute atomic E-state index is 12.0. The summed E-state index contributed by atoms with van der Waals surface area (Å²) in [6, 6.07) is 4.63. The Bertz CT molecular complexity index is 697. The highest BCUT2D eigenvalue weighted by atomic mass is 35.5. The Hall–Kier alpha value is -2.34. The van der Waals surface area contributed by atoms with Gasteiger partial charge < -0.3 is 10.1 Å². The van der Waals surface area contributed by atoms with Gasteiger partial charge in [-0.1, -0.05) is 11.6 Å². The first-order valence-electron chi connectivity index (χ1n) is 6.66. The molecule has 0 aliphatic carbocycles. The predicted octanol–water partition coefficient (Wildman–Crippen LogP) is 2.66. The molecule has 0 bridgehead atoms. The van der Waals surface area contributed by atoms with Crippen molar-refractivity contribution in [3.05, 3.63) is 46.7 Å². The number of methoxy groups -OCH3 is 1. The second-order valence-electron chi connectivity index (χ2n) is 4.76. The number of carbonyl (C=O) groups excluding carboxylic acids is 2. The van der Waals surface area contributed by atoms with E-state index in [4.69, 9.17) is 11.6 Å². The van der Waals surface area contributed by atoms with Gasteiger partial charge in [0.25, 0.3) is 0 Å². The number of rotatable bonds is 5. The van der Waals surface area contributed by atoms with Gasteiger partial charge in [-0.05, 0) is 30.7 Å². The number of aromatic nitrogens is 2. The highest BCUT2D eigenvalue weighted by molar-refractivity contribution is 6.31. The Balaban J connectivity index is 2.03. The molecule has 1 aromatic carbocycles. The first kappa shape index (κ1) is 16.0. The van der Waals surface area contributed by atoms with Crippen LogP contribution in [0.25, 0.3) is 0 Å². The molecule has 0 aliphatic heterocycles. The highest BCUT2D eigenvalue weighted by Crippen LogP contribution is 2.21. The summed E-state index contributed by atoms with van der Waals surface area (Å²) in [5.41, 5.74) is 1.63. The van der Waals surface area contributed by atoms with Crippen LogP contribution in [-0.4, -0.2) is 28.8 Å². The normalized spacial score (nSPS) is 10.3. The fraction of sp³-hybridized carbons (Fsp3) is 0.267. The molecule has 1 amide bonds. The number of ether oxygens (including phenoxy) is 1. The molecule has 22 heavy (non-hydrogen) atoms. The van der Waals surface area contributed by atoms with E-state index in [0.717, 1.165) is 5.56 Å². The number of nitrogens with one attached hydrogen (secondary N) is 1. The standard InChI is InChI=1S/C15H16ClN3O3/c1-10-8-17-19(9-10)6-5-14(20)18-13-4-3-11(16)7-12(13)15(21)22-2/h3-4,7-9H,5-6H2,1-2H3,(H,18,20). The van der Waals surface area contributed by atoms with Gasteiger partial charge in [0.05, 0.1) is 24.6 Å². The van der Waals surface area contributed by atoms with E-state index < -0.39 is 5.97 Å². The first-order chi connectivity index (χ1) is 10.5. The molecule has 0 aliphatic rings.